The summed E-state index contributed by atoms with van der Waals surface area (Å²) in [4.78, 5) is 9.09. The second-order valence-electron chi connectivity index (χ2n) is 2.87. The molecule has 0 aliphatic rings. The van der Waals surface area contributed by atoms with Crippen LogP contribution >= 0.6 is 24.8 Å². The lowest BCUT2D eigenvalue weighted by atomic mass is 10.2. The van der Waals surface area contributed by atoms with E-state index in [1.54, 1.807) is 0 Å². The molecule has 0 aromatic rings. The minimum Gasteiger partial charge on any atom is -0.465 e. The van der Waals surface area contributed by atoms with Gasteiger partial charge in [-0.3, -0.25) is 4.79 Å². The number of carbonyl (C=O) groups excluding carboxylic acids is 1. The quantitative estimate of drug-likeness (QED) is 0.412. The summed E-state index contributed by atoms with van der Waals surface area (Å²) in [6, 6.07) is 0. The van der Waals surface area contributed by atoms with Crippen molar-refractivity contribution in [1.29, 1.82) is 0 Å². The lowest BCUT2D eigenvalue weighted by Crippen LogP contribution is -2.27. The highest BCUT2D eigenvalue weighted by molar-refractivity contribution is 7.96. The number of nitrogens with two attached hydrogens (primary N) is 2. The third-order valence-electron chi connectivity index (χ3n) is 0.407. The van der Waals surface area contributed by atoms with Crippen LogP contribution in [-0.2, 0) is 4.74 Å². The van der Waals surface area contributed by atoms with Crippen LogP contribution in [0.25, 0.3) is 0 Å². The lowest BCUT2D eigenvalue weighted by Gasteiger charge is -2.18. The molecule has 1 amide bonds. The largest absolute Gasteiger partial charge is 0.465 e. The van der Waals surface area contributed by atoms with Gasteiger partial charge in [-0.15, -0.1) is 0 Å². The van der Waals surface area contributed by atoms with Gasteiger partial charge >= 0.3 is 0 Å². The van der Waals surface area contributed by atoms with Crippen molar-refractivity contribution in [2.45, 2.75) is 26.4 Å². The second-order valence-corrected chi connectivity index (χ2v) is 3.71. The van der Waals surface area contributed by atoms with Crippen molar-refractivity contribution < 1.29 is 9.53 Å². The van der Waals surface area contributed by atoms with E-state index in [1.165, 1.54) is 0 Å². The minimum atomic E-state index is -0.639. The zero-order valence-corrected chi connectivity index (χ0v) is 9.04. The topological polar surface area (TPSA) is 78.3 Å². The van der Waals surface area contributed by atoms with Crippen LogP contribution in [0.2, 0.25) is 0 Å². The van der Waals surface area contributed by atoms with Gasteiger partial charge in [0.25, 0.3) is 10.4 Å². The van der Waals surface area contributed by atoms with Gasteiger partial charge in [-0.2, -0.15) is 0 Å². The molecule has 0 saturated heterocycles. The number of carbonyl (C=O) groups is 1. The molecule has 0 fully saturated rings. The number of hydrogen-bond donors (Lipinski definition) is 3. The number of amides is 1. The maximum Gasteiger partial charge on any atom is 0.273 e. The van der Waals surface area contributed by atoms with Crippen LogP contribution in [0.1, 0.15) is 20.8 Å². The van der Waals surface area contributed by atoms with Gasteiger partial charge in [-0.1, -0.05) is 12.6 Å². The standard InChI is InChI=1S/C5H11NOS.CH3NOS/c1-5(2,3)7-4(6)8;2-1(3)4/h1-3H3,(H2,6,8);(H3,2,3,4). The van der Waals surface area contributed by atoms with Gasteiger partial charge in [0.1, 0.15) is 5.60 Å². The van der Waals surface area contributed by atoms with Crippen molar-refractivity contribution >= 4 is 35.3 Å². The summed E-state index contributed by atoms with van der Waals surface area (Å²) in [5.41, 5.74) is 9.18. The van der Waals surface area contributed by atoms with Gasteiger partial charge in [0.2, 0.25) is 0 Å². The average molecular weight is 210 g/mol. The molecule has 6 heteroatoms. The number of thiocarbonyl (C=S) groups is 1. The molecular weight excluding hydrogens is 196 g/mol. The Morgan fingerprint density at radius 3 is 1.67 bits per heavy atom. The van der Waals surface area contributed by atoms with E-state index < -0.39 is 5.24 Å². The van der Waals surface area contributed by atoms with Gasteiger partial charge in [0.05, 0.1) is 0 Å². The van der Waals surface area contributed by atoms with Gasteiger partial charge in [-0.05, 0) is 33.0 Å². The van der Waals surface area contributed by atoms with E-state index in [-0.39, 0.29) is 10.8 Å². The van der Waals surface area contributed by atoms with E-state index in [9.17, 15) is 0 Å². The fourth-order valence-electron chi connectivity index (χ4n) is 0.302. The average Bonchev–Trinajstić information content (AvgIpc) is 1.52. The Labute approximate surface area is 83.0 Å². The van der Waals surface area contributed by atoms with Crippen LogP contribution in [0.5, 0.6) is 0 Å². The zero-order valence-electron chi connectivity index (χ0n) is 7.33. The first-order chi connectivity index (χ1) is 5.15. The fourth-order valence-corrected chi connectivity index (χ4v) is 0.552. The molecule has 0 aliphatic carbocycles. The van der Waals surface area contributed by atoms with Gasteiger partial charge in [0, 0.05) is 0 Å². The van der Waals surface area contributed by atoms with Crippen molar-refractivity contribution in [3.63, 3.8) is 0 Å². The Morgan fingerprint density at radius 1 is 1.42 bits per heavy atom. The summed E-state index contributed by atoms with van der Waals surface area (Å²) in [7, 11) is 0. The van der Waals surface area contributed by atoms with Crippen LogP contribution in [-0.4, -0.2) is 16.0 Å². The summed E-state index contributed by atoms with van der Waals surface area (Å²) < 4.78 is 4.95. The molecule has 0 atom stereocenters. The number of rotatable bonds is 0. The highest BCUT2D eigenvalue weighted by atomic mass is 32.1. The van der Waals surface area contributed by atoms with E-state index >= 15 is 0 Å². The first-order valence-corrected chi connectivity index (χ1v) is 3.97. The van der Waals surface area contributed by atoms with Crippen LogP contribution in [0.4, 0.5) is 4.79 Å². The van der Waals surface area contributed by atoms with Crippen molar-refractivity contribution in [2.75, 3.05) is 0 Å². The molecular formula is C6H14N2O2S2. The zero-order chi connectivity index (χ0) is 10.4. The molecule has 0 heterocycles. The highest BCUT2D eigenvalue weighted by Gasteiger charge is 2.10. The molecule has 4 N–H and O–H groups in total. The van der Waals surface area contributed by atoms with E-state index in [4.69, 9.17) is 15.3 Å². The third-order valence-corrected chi connectivity index (χ3v) is 0.490. The SMILES string of the molecule is CC(C)(C)OC(N)=S.NC(=O)S. The molecule has 72 valence electrons. The second kappa shape index (κ2) is 6.07. The summed E-state index contributed by atoms with van der Waals surface area (Å²) >= 11 is 7.60. The van der Waals surface area contributed by atoms with Gasteiger partial charge in [0.15, 0.2) is 0 Å². The van der Waals surface area contributed by atoms with Crippen LogP contribution in [0.15, 0.2) is 0 Å². The molecule has 0 aromatic heterocycles. The minimum absolute atomic E-state index is 0.109. The lowest BCUT2D eigenvalue weighted by molar-refractivity contribution is 0.119. The Morgan fingerprint density at radius 2 is 1.67 bits per heavy atom. The summed E-state index contributed by atoms with van der Waals surface area (Å²) in [6.45, 7) is 5.68. The van der Waals surface area contributed by atoms with Crippen molar-refractivity contribution in [1.82, 2.24) is 0 Å². The molecule has 0 radical (unpaired) electrons. The molecule has 12 heavy (non-hydrogen) atoms. The van der Waals surface area contributed by atoms with Crippen LogP contribution < -0.4 is 11.5 Å². The Kier molecular flexibility index (Phi) is 7.12. The molecule has 4 nitrogen and oxygen atoms in total. The predicted octanol–water partition coefficient (Wildman–Crippen LogP) is 1.04. The number of thiol groups is 1. The van der Waals surface area contributed by atoms with Gasteiger partial charge in [-0.25, -0.2) is 0 Å². The van der Waals surface area contributed by atoms with E-state index in [0.717, 1.165) is 0 Å². The van der Waals surface area contributed by atoms with E-state index in [2.05, 4.69) is 30.6 Å². The number of hydrogen-bond acceptors (Lipinski definition) is 3. The normalized spacial score (nSPS) is 9.33. The van der Waals surface area contributed by atoms with E-state index in [0.29, 0.717) is 0 Å². The molecule has 0 spiro atoms. The molecule has 0 bridgehead atoms. The van der Waals surface area contributed by atoms with Crippen LogP contribution in [0, 0.1) is 0 Å². The maximum atomic E-state index is 9.09. The van der Waals surface area contributed by atoms with Crippen molar-refractivity contribution in [2.24, 2.45) is 11.5 Å². The number of primary amides is 1. The predicted molar refractivity (Wildman–Crippen MR) is 56.2 cm³/mol. The molecule has 0 rings (SSSR count). The molecule has 0 aliphatic heterocycles. The monoisotopic (exact) mass is 210 g/mol. The molecule has 0 saturated carbocycles. The first-order valence-electron chi connectivity index (χ1n) is 3.12. The van der Waals surface area contributed by atoms with Crippen LogP contribution in [0.3, 0.4) is 0 Å². The van der Waals surface area contributed by atoms with Gasteiger partial charge < -0.3 is 16.2 Å². The fraction of sp³-hybridized carbons (Fsp3) is 0.667. The first kappa shape index (κ1) is 14.1. The van der Waals surface area contributed by atoms with E-state index in [1.807, 2.05) is 20.8 Å². The molecule has 0 unspecified atom stereocenters. The summed E-state index contributed by atoms with van der Waals surface area (Å²) in [5, 5.41) is -0.530. The summed E-state index contributed by atoms with van der Waals surface area (Å²) in [6.07, 6.45) is 0. The third kappa shape index (κ3) is 33.9. The summed E-state index contributed by atoms with van der Waals surface area (Å²) in [5.74, 6) is 0. The number of ether oxygens (including phenoxy) is 1. The molecule has 0 aromatic carbocycles. The highest BCUT2D eigenvalue weighted by Crippen LogP contribution is 2.05. The van der Waals surface area contributed by atoms with Crippen molar-refractivity contribution in [3.8, 4) is 0 Å². The van der Waals surface area contributed by atoms with Crippen molar-refractivity contribution in [3.05, 3.63) is 0 Å². The Bertz CT molecular complexity index is 161. The Balaban J connectivity index is 0. The Hall–Kier alpha value is -0.490. The maximum absolute atomic E-state index is 9.09. The smallest absolute Gasteiger partial charge is 0.273 e.